The molecule has 31 heavy (non-hydrogen) atoms. The van der Waals surface area contributed by atoms with E-state index in [-0.39, 0.29) is 24.2 Å². The molecule has 6 heteroatoms. The Hall–Kier alpha value is -2.70. The van der Waals surface area contributed by atoms with Crippen molar-refractivity contribution in [3.63, 3.8) is 0 Å². The molecule has 3 fully saturated rings. The fourth-order valence-electron chi connectivity index (χ4n) is 5.60. The Bertz CT molecular complexity index is 888. The second-order valence-corrected chi connectivity index (χ2v) is 8.77. The number of hydrogen-bond acceptors (Lipinski definition) is 4. The van der Waals surface area contributed by atoms with Crippen molar-refractivity contribution in [2.45, 2.75) is 31.1 Å². The van der Waals surface area contributed by atoms with Crippen LogP contribution in [0, 0.1) is 11.8 Å². The summed E-state index contributed by atoms with van der Waals surface area (Å²) in [6.45, 7) is 2.71. The SMILES string of the molecule is O=C(O)[C@@H]1[C@@H](C(=O)N2CCN(C(c3ccccc3)c3ccccc3)CC2)[C@H]2CC[C@H]1O2. The molecule has 3 saturated heterocycles. The molecule has 0 radical (unpaired) electrons. The van der Waals surface area contributed by atoms with Crippen LogP contribution in [0.25, 0.3) is 0 Å². The molecule has 6 nitrogen and oxygen atoms in total. The molecule has 0 unspecified atom stereocenters. The number of rotatable bonds is 5. The number of carboxylic acid groups (broad SMARTS) is 1. The zero-order valence-corrected chi connectivity index (χ0v) is 17.5. The summed E-state index contributed by atoms with van der Waals surface area (Å²) < 4.78 is 5.81. The summed E-state index contributed by atoms with van der Waals surface area (Å²) in [6.07, 6.45) is 0.987. The predicted molar refractivity (Wildman–Crippen MR) is 115 cm³/mol. The minimum Gasteiger partial charge on any atom is -0.481 e. The van der Waals surface area contributed by atoms with Crippen molar-refractivity contribution in [1.29, 1.82) is 0 Å². The highest BCUT2D eigenvalue weighted by Gasteiger charge is 2.56. The highest BCUT2D eigenvalue weighted by Crippen LogP contribution is 2.44. The largest absolute Gasteiger partial charge is 0.481 e. The van der Waals surface area contributed by atoms with Crippen molar-refractivity contribution in [3.8, 4) is 0 Å². The van der Waals surface area contributed by atoms with Crippen molar-refractivity contribution < 1.29 is 19.4 Å². The van der Waals surface area contributed by atoms with Crippen molar-refractivity contribution >= 4 is 11.9 Å². The third-order valence-electron chi connectivity index (χ3n) is 7.07. The lowest BCUT2D eigenvalue weighted by molar-refractivity contribution is -0.151. The topological polar surface area (TPSA) is 70.1 Å². The maximum Gasteiger partial charge on any atom is 0.310 e. The average Bonchev–Trinajstić information content (AvgIpc) is 3.43. The van der Waals surface area contributed by atoms with E-state index in [4.69, 9.17) is 4.74 Å². The van der Waals surface area contributed by atoms with Gasteiger partial charge in [0.1, 0.15) is 0 Å². The molecule has 0 spiro atoms. The Balaban J connectivity index is 1.31. The summed E-state index contributed by atoms with van der Waals surface area (Å²) >= 11 is 0. The van der Waals surface area contributed by atoms with Gasteiger partial charge in [-0.25, -0.2) is 0 Å². The van der Waals surface area contributed by atoms with Crippen LogP contribution in [0.5, 0.6) is 0 Å². The Morgan fingerprint density at radius 1 is 0.806 bits per heavy atom. The zero-order valence-electron chi connectivity index (χ0n) is 17.5. The number of carboxylic acids is 1. The van der Waals surface area contributed by atoms with Crippen molar-refractivity contribution in [2.75, 3.05) is 26.2 Å². The second kappa shape index (κ2) is 8.44. The monoisotopic (exact) mass is 420 g/mol. The zero-order chi connectivity index (χ0) is 21.4. The maximum absolute atomic E-state index is 13.3. The average molecular weight is 421 g/mol. The van der Waals surface area contributed by atoms with Crippen LogP contribution in [-0.2, 0) is 14.3 Å². The lowest BCUT2D eigenvalue weighted by atomic mass is 9.78. The van der Waals surface area contributed by atoms with Gasteiger partial charge >= 0.3 is 5.97 Å². The van der Waals surface area contributed by atoms with Crippen LogP contribution in [-0.4, -0.2) is 65.2 Å². The molecule has 4 atom stereocenters. The minimum absolute atomic E-state index is 0.0461. The van der Waals surface area contributed by atoms with Gasteiger partial charge in [0, 0.05) is 26.2 Å². The van der Waals surface area contributed by atoms with Crippen molar-refractivity contribution in [3.05, 3.63) is 71.8 Å². The van der Waals surface area contributed by atoms with Gasteiger partial charge in [-0.15, -0.1) is 0 Å². The van der Waals surface area contributed by atoms with E-state index in [0.29, 0.717) is 13.1 Å². The number of hydrogen-bond donors (Lipinski definition) is 1. The Morgan fingerprint density at radius 3 is 1.84 bits per heavy atom. The molecule has 0 aromatic heterocycles. The Labute approximate surface area is 182 Å². The molecule has 3 heterocycles. The third kappa shape index (κ3) is 3.75. The Kier molecular flexibility index (Phi) is 5.50. The molecule has 3 aliphatic rings. The normalized spacial score (nSPS) is 28.2. The van der Waals surface area contributed by atoms with Crippen LogP contribution in [0.3, 0.4) is 0 Å². The third-order valence-corrected chi connectivity index (χ3v) is 7.07. The van der Waals surface area contributed by atoms with E-state index in [9.17, 15) is 14.7 Å². The molecule has 0 saturated carbocycles. The fraction of sp³-hybridized carbons (Fsp3) is 0.440. The maximum atomic E-state index is 13.3. The first-order chi connectivity index (χ1) is 15.1. The highest BCUT2D eigenvalue weighted by atomic mass is 16.5. The number of carbonyl (C=O) groups is 2. The van der Waals surface area contributed by atoms with Crippen molar-refractivity contribution in [1.82, 2.24) is 9.80 Å². The molecule has 0 aliphatic carbocycles. The number of ether oxygens (including phenoxy) is 1. The molecule has 1 N–H and O–H groups in total. The summed E-state index contributed by atoms with van der Waals surface area (Å²) in [5, 5.41) is 9.66. The Morgan fingerprint density at radius 2 is 1.32 bits per heavy atom. The van der Waals surface area contributed by atoms with E-state index in [0.717, 1.165) is 25.9 Å². The molecule has 1 amide bonds. The quantitative estimate of drug-likeness (QED) is 0.806. The summed E-state index contributed by atoms with van der Waals surface area (Å²) in [5.74, 6) is -2.19. The van der Waals surface area contributed by atoms with E-state index < -0.39 is 17.8 Å². The van der Waals surface area contributed by atoms with Crippen LogP contribution in [0.1, 0.15) is 30.0 Å². The molecule has 5 rings (SSSR count). The van der Waals surface area contributed by atoms with E-state index in [1.807, 2.05) is 17.0 Å². The summed E-state index contributed by atoms with van der Waals surface area (Å²) in [6, 6.07) is 21.0. The van der Waals surface area contributed by atoms with Gasteiger partial charge in [0.2, 0.25) is 5.91 Å². The number of aliphatic carboxylic acids is 1. The number of benzene rings is 2. The number of fused-ring (bicyclic) bond motifs is 2. The molecule has 162 valence electrons. The smallest absolute Gasteiger partial charge is 0.310 e. The first kappa shape index (κ1) is 20.2. The number of piperazine rings is 1. The van der Waals surface area contributed by atoms with Crippen molar-refractivity contribution in [2.24, 2.45) is 11.8 Å². The van der Waals surface area contributed by atoms with E-state index in [2.05, 4.69) is 53.4 Å². The molecular weight excluding hydrogens is 392 g/mol. The first-order valence-corrected chi connectivity index (χ1v) is 11.1. The van der Waals surface area contributed by atoms with Gasteiger partial charge in [0.25, 0.3) is 0 Å². The second-order valence-electron chi connectivity index (χ2n) is 8.77. The van der Waals surface area contributed by atoms with E-state index in [1.165, 1.54) is 11.1 Å². The van der Waals surface area contributed by atoms with E-state index in [1.54, 1.807) is 0 Å². The van der Waals surface area contributed by atoms with Crippen LogP contribution < -0.4 is 0 Å². The highest BCUT2D eigenvalue weighted by molar-refractivity contribution is 5.86. The van der Waals surface area contributed by atoms with Crippen LogP contribution >= 0.6 is 0 Å². The van der Waals surface area contributed by atoms with Crippen LogP contribution in [0.15, 0.2) is 60.7 Å². The van der Waals surface area contributed by atoms with Crippen LogP contribution in [0.2, 0.25) is 0 Å². The van der Waals surface area contributed by atoms with Gasteiger partial charge in [0.05, 0.1) is 30.1 Å². The summed E-state index contributed by atoms with van der Waals surface area (Å²) in [5.41, 5.74) is 2.47. The standard InChI is InChI=1S/C25H28N2O4/c28-24(21-19-11-12-20(31-19)22(21)25(29)30)27-15-13-26(14-16-27)23(17-7-3-1-4-8-17)18-9-5-2-6-10-18/h1-10,19-23H,11-16H2,(H,29,30)/t19-,20-,21+,22+/m1/s1. The lowest BCUT2D eigenvalue weighted by Gasteiger charge is -2.41. The number of carbonyl (C=O) groups excluding carboxylic acids is 1. The number of nitrogens with zero attached hydrogens (tertiary/aromatic N) is 2. The van der Waals surface area contributed by atoms with Gasteiger partial charge in [-0.1, -0.05) is 60.7 Å². The van der Waals surface area contributed by atoms with Crippen LogP contribution in [0.4, 0.5) is 0 Å². The predicted octanol–water partition coefficient (Wildman–Crippen LogP) is 2.80. The molecule has 2 bridgehead atoms. The molecule has 2 aromatic rings. The fourth-order valence-corrected chi connectivity index (χ4v) is 5.60. The summed E-state index contributed by atoms with van der Waals surface area (Å²) in [7, 11) is 0. The lowest BCUT2D eigenvalue weighted by Crippen LogP contribution is -2.54. The summed E-state index contributed by atoms with van der Waals surface area (Å²) in [4.78, 5) is 29.3. The molecular formula is C25H28N2O4. The van der Waals surface area contributed by atoms with Gasteiger partial charge < -0.3 is 14.7 Å². The number of amides is 1. The van der Waals surface area contributed by atoms with E-state index >= 15 is 0 Å². The first-order valence-electron chi connectivity index (χ1n) is 11.1. The molecule has 2 aromatic carbocycles. The van der Waals surface area contributed by atoms with Gasteiger partial charge in [-0.3, -0.25) is 14.5 Å². The van der Waals surface area contributed by atoms with Gasteiger partial charge in [-0.2, -0.15) is 0 Å². The van der Waals surface area contributed by atoms with Gasteiger partial charge in [-0.05, 0) is 24.0 Å². The van der Waals surface area contributed by atoms with Gasteiger partial charge in [0.15, 0.2) is 0 Å². The molecule has 3 aliphatic heterocycles. The minimum atomic E-state index is -0.905.